The number of fused-ring (bicyclic) bond motifs is 3. The Labute approximate surface area is 160 Å². The standard InChI is InChI=1S/C26H23N/c1-18-7-10-20(11-8-18)21-12-14-22(15-13-21)27-25-6-4-3-5-23(25)24-16-9-19(2)17-26(24)27/h3-16,19H,17H2,1-2H3. The van der Waals surface area contributed by atoms with Crippen molar-refractivity contribution >= 4 is 17.0 Å². The quantitative estimate of drug-likeness (QED) is 0.374. The zero-order chi connectivity index (χ0) is 18.4. The van der Waals surface area contributed by atoms with Gasteiger partial charge in [-0.2, -0.15) is 0 Å². The number of hydrogen-bond acceptors (Lipinski definition) is 0. The van der Waals surface area contributed by atoms with Gasteiger partial charge in [0.2, 0.25) is 0 Å². The smallest absolute Gasteiger partial charge is 0.0537 e. The highest BCUT2D eigenvalue weighted by Crippen LogP contribution is 2.35. The lowest BCUT2D eigenvalue weighted by atomic mass is 9.95. The van der Waals surface area contributed by atoms with Gasteiger partial charge in [-0.05, 0) is 48.6 Å². The van der Waals surface area contributed by atoms with Gasteiger partial charge < -0.3 is 4.57 Å². The highest BCUT2D eigenvalue weighted by atomic mass is 15.0. The molecule has 1 aromatic heterocycles. The number of nitrogens with zero attached hydrogens (tertiary/aromatic N) is 1. The van der Waals surface area contributed by atoms with Crippen LogP contribution in [0.2, 0.25) is 0 Å². The third kappa shape index (κ3) is 2.71. The molecular weight excluding hydrogens is 326 g/mol. The third-order valence-corrected chi connectivity index (χ3v) is 5.63. The van der Waals surface area contributed by atoms with E-state index in [0.717, 1.165) is 6.42 Å². The summed E-state index contributed by atoms with van der Waals surface area (Å²) in [5, 5.41) is 1.35. The third-order valence-electron chi connectivity index (χ3n) is 5.63. The molecule has 0 N–H and O–H groups in total. The van der Waals surface area contributed by atoms with Crippen LogP contribution in [0.15, 0.2) is 78.9 Å². The molecule has 1 unspecified atom stereocenters. The summed E-state index contributed by atoms with van der Waals surface area (Å²) in [6.07, 6.45) is 5.73. The fraction of sp³-hybridized carbons (Fsp3) is 0.154. The molecule has 0 aliphatic heterocycles. The first-order valence-electron chi connectivity index (χ1n) is 9.69. The van der Waals surface area contributed by atoms with E-state index in [2.05, 4.69) is 103 Å². The summed E-state index contributed by atoms with van der Waals surface area (Å²) in [4.78, 5) is 0. The van der Waals surface area contributed by atoms with Gasteiger partial charge in [0, 0.05) is 22.3 Å². The van der Waals surface area contributed by atoms with Gasteiger partial charge in [-0.15, -0.1) is 0 Å². The van der Waals surface area contributed by atoms with E-state index in [1.54, 1.807) is 0 Å². The van der Waals surface area contributed by atoms with E-state index < -0.39 is 0 Å². The van der Waals surface area contributed by atoms with Crippen molar-refractivity contribution in [1.29, 1.82) is 0 Å². The van der Waals surface area contributed by atoms with Crippen molar-refractivity contribution < 1.29 is 0 Å². The van der Waals surface area contributed by atoms with Gasteiger partial charge in [-0.1, -0.05) is 79.2 Å². The summed E-state index contributed by atoms with van der Waals surface area (Å²) in [7, 11) is 0. The van der Waals surface area contributed by atoms with Crippen LogP contribution in [0.25, 0.3) is 33.8 Å². The SMILES string of the molecule is Cc1ccc(-c2ccc(-n3c4c(c5ccccc53)C=CC(C)C4)cc2)cc1. The van der Waals surface area contributed by atoms with Crippen molar-refractivity contribution in [3.8, 4) is 16.8 Å². The van der Waals surface area contributed by atoms with Gasteiger partial charge in [-0.3, -0.25) is 0 Å². The molecule has 1 heterocycles. The van der Waals surface area contributed by atoms with Crippen LogP contribution in [0.3, 0.4) is 0 Å². The lowest BCUT2D eigenvalue weighted by molar-refractivity contribution is 0.690. The number of para-hydroxylation sites is 1. The molecule has 0 amide bonds. The molecule has 0 saturated carbocycles. The maximum atomic E-state index is 2.45. The van der Waals surface area contributed by atoms with Crippen LogP contribution in [0.5, 0.6) is 0 Å². The molecular formula is C26H23N. The normalized spacial score (nSPS) is 15.9. The van der Waals surface area contributed by atoms with E-state index in [0.29, 0.717) is 5.92 Å². The van der Waals surface area contributed by atoms with Crippen LogP contribution in [0.1, 0.15) is 23.7 Å². The zero-order valence-electron chi connectivity index (χ0n) is 15.8. The number of benzene rings is 3. The van der Waals surface area contributed by atoms with Crippen LogP contribution < -0.4 is 0 Å². The Morgan fingerprint density at radius 3 is 2.22 bits per heavy atom. The molecule has 4 aromatic rings. The maximum absolute atomic E-state index is 2.45. The Bertz CT molecular complexity index is 1140. The highest BCUT2D eigenvalue weighted by molar-refractivity contribution is 5.93. The molecule has 1 heteroatoms. The van der Waals surface area contributed by atoms with E-state index in [1.165, 1.54) is 44.5 Å². The van der Waals surface area contributed by atoms with Crippen LogP contribution in [-0.4, -0.2) is 4.57 Å². The van der Waals surface area contributed by atoms with Crippen LogP contribution in [0, 0.1) is 12.8 Å². The molecule has 3 aromatic carbocycles. The summed E-state index contributed by atoms with van der Waals surface area (Å²) in [6.45, 7) is 4.42. The molecule has 27 heavy (non-hydrogen) atoms. The van der Waals surface area contributed by atoms with Crippen molar-refractivity contribution in [3.05, 3.63) is 95.7 Å². The van der Waals surface area contributed by atoms with Crippen LogP contribution in [-0.2, 0) is 6.42 Å². The van der Waals surface area contributed by atoms with Gasteiger partial charge in [0.1, 0.15) is 0 Å². The molecule has 1 aliphatic carbocycles. The second-order valence-corrected chi connectivity index (χ2v) is 7.67. The zero-order valence-corrected chi connectivity index (χ0v) is 15.8. The van der Waals surface area contributed by atoms with Gasteiger partial charge in [0.25, 0.3) is 0 Å². The number of aryl methyl sites for hydroxylation is 1. The van der Waals surface area contributed by atoms with Crippen molar-refractivity contribution in [3.63, 3.8) is 0 Å². The minimum Gasteiger partial charge on any atom is -0.313 e. The van der Waals surface area contributed by atoms with E-state index in [1.807, 2.05) is 0 Å². The van der Waals surface area contributed by atoms with Crippen LogP contribution in [0.4, 0.5) is 0 Å². The van der Waals surface area contributed by atoms with Gasteiger partial charge >= 0.3 is 0 Å². The predicted molar refractivity (Wildman–Crippen MR) is 115 cm³/mol. The largest absolute Gasteiger partial charge is 0.313 e. The van der Waals surface area contributed by atoms with Crippen molar-refractivity contribution in [1.82, 2.24) is 4.57 Å². The molecule has 0 bridgehead atoms. The summed E-state index contributed by atoms with van der Waals surface area (Å²) in [6, 6.07) is 26.5. The fourth-order valence-corrected chi connectivity index (χ4v) is 4.18. The van der Waals surface area contributed by atoms with Crippen molar-refractivity contribution in [2.24, 2.45) is 5.92 Å². The Balaban J connectivity index is 1.65. The Kier molecular flexibility index (Phi) is 3.75. The van der Waals surface area contributed by atoms with Crippen molar-refractivity contribution in [2.45, 2.75) is 20.3 Å². The monoisotopic (exact) mass is 349 g/mol. The molecule has 5 rings (SSSR count). The predicted octanol–water partition coefficient (Wildman–Crippen LogP) is 6.81. The summed E-state index contributed by atoms with van der Waals surface area (Å²) in [5.74, 6) is 0.576. The fourth-order valence-electron chi connectivity index (χ4n) is 4.18. The molecule has 1 aliphatic rings. The first kappa shape index (κ1) is 16.1. The number of hydrogen-bond donors (Lipinski definition) is 0. The highest BCUT2D eigenvalue weighted by Gasteiger charge is 2.20. The first-order valence-corrected chi connectivity index (χ1v) is 9.69. The molecule has 132 valence electrons. The van der Waals surface area contributed by atoms with Gasteiger partial charge in [-0.25, -0.2) is 0 Å². The summed E-state index contributed by atoms with van der Waals surface area (Å²) >= 11 is 0. The van der Waals surface area contributed by atoms with Gasteiger partial charge in [0.15, 0.2) is 0 Å². The molecule has 0 radical (unpaired) electrons. The van der Waals surface area contributed by atoms with E-state index in [9.17, 15) is 0 Å². The minimum absolute atomic E-state index is 0.576. The molecule has 1 nitrogen and oxygen atoms in total. The van der Waals surface area contributed by atoms with E-state index >= 15 is 0 Å². The lowest BCUT2D eigenvalue weighted by Gasteiger charge is -2.17. The summed E-state index contributed by atoms with van der Waals surface area (Å²) in [5.41, 5.74) is 9.17. The second kappa shape index (κ2) is 6.28. The topological polar surface area (TPSA) is 4.93 Å². The average molecular weight is 349 g/mol. The first-order chi connectivity index (χ1) is 13.2. The maximum Gasteiger partial charge on any atom is 0.0537 e. The molecule has 1 atom stereocenters. The van der Waals surface area contributed by atoms with E-state index in [-0.39, 0.29) is 0 Å². The number of rotatable bonds is 2. The molecule has 0 spiro atoms. The second-order valence-electron chi connectivity index (χ2n) is 7.67. The minimum atomic E-state index is 0.576. The number of aromatic nitrogens is 1. The summed E-state index contributed by atoms with van der Waals surface area (Å²) < 4.78 is 2.45. The Hall–Kier alpha value is -3.06. The Morgan fingerprint density at radius 1 is 0.815 bits per heavy atom. The van der Waals surface area contributed by atoms with E-state index in [4.69, 9.17) is 0 Å². The molecule has 0 saturated heterocycles. The lowest BCUT2D eigenvalue weighted by Crippen LogP contribution is -2.08. The molecule has 0 fully saturated rings. The van der Waals surface area contributed by atoms with Crippen molar-refractivity contribution in [2.75, 3.05) is 0 Å². The van der Waals surface area contributed by atoms with Gasteiger partial charge in [0.05, 0.1) is 5.52 Å². The van der Waals surface area contributed by atoms with Crippen LogP contribution >= 0.6 is 0 Å². The Morgan fingerprint density at radius 2 is 1.48 bits per heavy atom. The number of allylic oxidation sites excluding steroid dienone is 1. The average Bonchev–Trinajstić information content (AvgIpc) is 3.02.